The van der Waals surface area contributed by atoms with Crippen molar-refractivity contribution in [3.05, 3.63) is 58.5 Å². The van der Waals surface area contributed by atoms with Crippen LogP contribution in [0, 0.1) is 0 Å². The second kappa shape index (κ2) is 5.73. The van der Waals surface area contributed by atoms with E-state index < -0.39 is 7.12 Å². The Morgan fingerprint density at radius 2 is 1.89 bits per heavy atom. The van der Waals surface area contributed by atoms with Gasteiger partial charge in [0.05, 0.1) is 13.7 Å². The Hall–Kier alpha value is -2.05. The number of ether oxygens (including phenoxy) is 1. The molecule has 0 unspecified atom stereocenters. The van der Waals surface area contributed by atoms with E-state index >= 15 is 0 Å². The van der Waals surface area contributed by atoms with Crippen molar-refractivity contribution in [2.45, 2.75) is 6.54 Å². The molecule has 0 aliphatic heterocycles. The van der Waals surface area contributed by atoms with Crippen LogP contribution in [0.5, 0.6) is 5.75 Å². The van der Waals surface area contributed by atoms with Crippen molar-refractivity contribution in [1.29, 1.82) is 0 Å². The Balaban J connectivity index is 2.34. The first-order valence-electron chi connectivity index (χ1n) is 5.79. The number of pyridine rings is 1. The fraction of sp³-hybridized carbons (Fsp3) is 0.154. The van der Waals surface area contributed by atoms with E-state index in [0.717, 1.165) is 5.56 Å². The van der Waals surface area contributed by atoms with Crippen LogP contribution in [0.4, 0.5) is 0 Å². The number of benzene rings is 1. The summed E-state index contributed by atoms with van der Waals surface area (Å²) >= 11 is 0. The van der Waals surface area contributed by atoms with Gasteiger partial charge in [0.25, 0.3) is 0 Å². The van der Waals surface area contributed by atoms with Crippen molar-refractivity contribution in [2.75, 3.05) is 7.11 Å². The molecule has 2 aromatic rings. The number of aromatic nitrogens is 1. The Kier molecular flexibility index (Phi) is 4.04. The maximum atomic E-state index is 11.0. The molecule has 0 spiro atoms. The van der Waals surface area contributed by atoms with Crippen molar-refractivity contribution >= 4 is 12.6 Å². The summed E-state index contributed by atoms with van der Waals surface area (Å²) in [7, 11) is 0.0397. The van der Waals surface area contributed by atoms with E-state index in [4.69, 9.17) is 4.74 Å². The first-order valence-corrected chi connectivity index (χ1v) is 5.79. The zero-order valence-electron chi connectivity index (χ0n) is 10.5. The van der Waals surface area contributed by atoms with E-state index in [1.54, 1.807) is 37.7 Å². The number of hydrogen-bond donors (Lipinski definition) is 2. The van der Waals surface area contributed by atoms with Crippen LogP contribution in [-0.4, -0.2) is 28.8 Å². The van der Waals surface area contributed by atoms with Crippen LogP contribution in [0.1, 0.15) is 5.56 Å². The third-order valence-corrected chi connectivity index (χ3v) is 2.82. The molecule has 0 atom stereocenters. The van der Waals surface area contributed by atoms with E-state index in [1.807, 2.05) is 4.57 Å². The highest BCUT2D eigenvalue weighted by atomic mass is 16.5. The maximum Gasteiger partial charge on any atom is 0.488 e. The topological polar surface area (TPSA) is 71.7 Å². The summed E-state index contributed by atoms with van der Waals surface area (Å²) in [6, 6.07) is 7.89. The summed E-state index contributed by atoms with van der Waals surface area (Å²) < 4.78 is 7.05. The minimum absolute atomic E-state index is 0.0530. The summed E-state index contributed by atoms with van der Waals surface area (Å²) in [6.45, 7) is 0.476. The van der Waals surface area contributed by atoms with Crippen LogP contribution in [0.2, 0.25) is 0 Å². The minimum atomic E-state index is -1.52. The third kappa shape index (κ3) is 3.24. The molecular weight excluding hydrogens is 245 g/mol. The molecule has 0 aliphatic rings. The zero-order valence-corrected chi connectivity index (χ0v) is 10.5. The molecule has 0 saturated carbocycles. The first kappa shape index (κ1) is 13.4. The highest BCUT2D eigenvalue weighted by Crippen LogP contribution is 2.17. The molecule has 0 bridgehead atoms. The van der Waals surface area contributed by atoms with E-state index in [-0.39, 0.29) is 5.43 Å². The summed E-state index contributed by atoms with van der Waals surface area (Å²) in [6.07, 6.45) is 3.34. The molecule has 5 nitrogen and oxygen atoms in total. The molecule has 2 rings (SSSR count). The van der Waals surface area contributed by atoms with Gasteiger partial charge in [-0.3, -0.25) is 4.79 Å². The summed E-state index contributed by atoms with van der Waals surface area (Å²) in [5.41, 5.74) is 1.15. The van der Waals surface area contributed by atoms with Gasteiger partial charge in [-0.15, -0.1) is 0 Å². The van der Waals surface area contributed by atoms with Gasteiger partial charge < -0.3 is 19.4 Å². The summed E-state index contributed by atoms with van der Waals surface area (Å²) in [5, 5.41) is 18.4. The van der Waals surface area contributed by atoms with Gasteiger partial charge in [-0.05, 0) is 11.5 Å². The van der Waals surface area contributed by atoms with Gasteiger partial charge in [0.15, 0.2) is 5.43 Å². The Labute approximate surface area is 110 Å². The van der Waals surface area contributed by atoms with Crippen LogP contribution < -0.4 is 15.6 Å². The van der Waals surface area contributed by atoms with Gasteiger partial charge in [-0.2, -0.15) is 0 Å². The molecule has 0 aliphatic carbocycles. The van der Waals surface area contributed by atoms with Gasteiger partial charge >= 0.3 is 7.12 Å². The standard InChI is InChI=1S/C13H14BNO4/c1-19-13-3-2-11(14(17)18)8-10(13)9-15-6-4-12(16)5-7-15/h2-8,17-18H,9H2,1H3. The molecule has 0 amide bonds. The molecule has 98 valence electrons. The fourth-order valence-electron chi connectivity index (χ4n) is 1.83. The van der Waals surface area contributed by atoms with Gasteiger partial charge in [0.2, 0.25) is 0 Å². The lowest BCUT2D eigenvalue weighted by molar-refractivity contribution is 0.407. The highest BCUT2D eigenvalue weighted by molar-refractivity contribution is 6.58. The fourth-order valence-corrected chi connectivity index (χ4v) is 1.83. The molecule has 1 aromatic carbocycles. The minimum Gasteiger partial charge on any atom is -0.496 e. The number of nitrogens with zero attached hydrogens (tertiary/aromatic N) is 1. The highest BCUT2D eigenvalue weighted by Gasteiger charge is 2.13. The first-order chi connectivity index (χ1) is 9.10. The molecule has 6 heteroatoms. The maximum absolute atomic E-state index is 11.0. The predicted molar refractivity (Wildman–Crippen MR) is 72.6 cm³/mol. The molecule has 0 saturated heterocycles. The molecule has 19 heavy (non-hydrogen) atoms. The van der Waals surface area contributed by atoms with Crippen molar-refractivity contribution < 1.29 is 14.8 Å². The van der Waals surface area contributed by atoms with Crippen molar-refractivity contribution in [3.63, 3.8) is 0 Å². The lowest BCUT2D eigenvalue weighted by Crippen LogP contribution is -2.30. The molecule has 2 N–H and O–H groups in total. The lowest BCUT2D eigenvalue weighted by Gasteiger charge is -2.12. The zero-order chi connectivity index (χ0) is 13.8. The van der Waals surface area contributed by atoms with Crippen LogP contribution in [0.25, 0.3) is 0 Å². The number of hydrogen-bond acceptors (Lipinski definition) is 4. The largest absolute Gasteiger partial charge is 0.496 e. The normalized spacial score (nSPS) is 10.3. The molecule has 0 fully saturated rings. The molecule has 1 aromatic heterocycles. The van der Waals surface area contributed by atoms with E-state index in [0.29, 0.717) is 17.8 Å². The SMILES string of the molecule is COc1ccc(B(O)O)cc1Cn1ccc(=O)cc1. The van der Waals surface area contributed by atoms with Gasteiger partial charge in [0.1, 0.15) is 5.75 Å². The average molecular weight is 259 g/mol. The number of methoxy groups -OCH3 is 1. The monoisotopic (exact) mass is 259 g/mol. The Morgan fingerprint density at radius 1 is 1.21 bits per heavy atom. The van der Waals surface area contributed by atoms with E-state index in [2.05, 4.69) is 0 Å². The van der Waals surface area contributed by atoms with Gasteiger partial charge in [0, 0.05) is 30.1 Å². The second-order valence-electron chi connectivity index (χ2n) is 4.15. The summed E-state index contributed by atoms with van der Waals surface area (Å²) in [5.74, 6) is 0.656. The predicted octanol–water partition coefficient (Wildman–Crippen LogP) is -0.415. The smallest absolute Gasteiger partial charge is 0.488 e. The van der Waals surface area contributed by atoms with Gasteiger partial charge in [-0.1, -0.05) is 12.1 Å². The van der Waals surface area contributed by atoms with E-state index in [1.165, 1.54) is 12.1 Å². The Bertz CT molecular complexity index is 604. The lowest BCUT2D eigenvalue weighted by atomic mass is 9.79. The van der Waals surface area contributed by atoms with Crippen molar-refractivity contribution in [2.24, 2.45) is 0 Å². The quantitative estimate of drug-likeness (QED) is 0.732. The van der Waals surface area contributed by atoms with Crippen molar-refractivity contribution in [3.8, 4) is 5.75 Å². The van der Waals surface area contributed by atoms with Gasteiger partial charge in [-0.25, -0.2) is 0 Å². The summed E-state index contributed by atoms with van der Waals surface area (Å²) in [4.78, 5) is 11.0. The molecular formula is C13H14BNO4. The third-order valence-electron chi connectivity index (χ3n) is 2.82. The second-order valence-corrected chi connectivity index (χ2v) is 4.15. The molecule has 0 radical (unpaired) electrons. The van der Waals surface area contributed by atoms with Crippen LogP contribution in [-0.2, 0) is 6.54 Å². The van der Waals surface area contributed by atoms with E-state index in [9.17, 15) is 14.8 Å². The van der Waals surface area contributed by atoms with Crippen LogP contribution in [0.3, 0.4) is 0 Å². The Morgan fingerprint density at radius 3 is 2.47 bits per heavy atom. The van der Waals surface area contributed by atoms with Crippen LogP contribution >= 0.6 is 0 Å². The van der Waals surface area contributed by atoms with Crippen LogP contribution in [0.15, 0.2) is 47.5 Å². The molecule has 1 heterocycles. The van der Waals surface area contributed by atoms with Crippen molar-refractivity contribution in [1.82, 2.24) is 4.57 Å². The number of rotatable bonds is 4. The average Bonchev–Trinajstić information content (AvgIpc) is 2.41.